The van der Waals surface area contributed by atoms with Gasteiger partial charge in [-0.2, -0.15) is 0 Å². The van der Waals surface area contributed by atoms with Crippen molar-refractivity contribution in [2.75, 3.05) is 19.6 Å². The average molecular weight is 412 g/mol. The van der Waals surface area contributed by atoms with Crippen molar-refractivity contribution in [3.8, 4) is 0 Å². The Bertz CT molecular complexity index is 861. The van der Waals surface area contributed by atoms with Crippen molar-refractivity contribution in [3.05, 3.63) is 34.9 Å². The minimum absolute atomic E-state index is 0.121. The van der Waals surface area contributed by atoms with Gasteiger partial charge in [0.2, 0.25) is 11.8 Å². The van der Waals surface area contributed by atoms with Crippen molar-refractivity contribution >= 4 is 23.6 Å². The van der Waals surface area contributed by atoms with Crippen LogP contribution in [0.4, 0.5) is 0 Å². The van der Waals surface area contributed by atoms with Crippen molar-refractivity contribution in [3.63, 3.8) is 0 Å². The number of hydrogen-bond donors (Lipinski definition) is 3. The van der Waals surface area contributed by atoms with Crippen LogP contribution < -0.4 is 16.0 Å². The molecule has 3 N–H and O–H groups in total. The first-order valence-corrected chi connectivity index (χ1v) is 10.8. The normalized spacial score (nSPS) is 24.6. The van der Waals surface area contributed by atoms with Crippen LogP contribution in [0.2, 0.25) is 0 Å². The lowest BCUT2D eigenvalue weighted by atomic mass is 9.97. The van der Waals surface area contributed by atoms with Crippen LogP contribution in [0.25, 0.3) is 0 Å². The van der Waals surface area contributed by atoms with Crippen molar-refractivity contribution in [1.82, 2.24) is 20.9 Å². The first-order valence-electron chi connectivity index (χ1n) is 10.8. The quantitative estimate of drug-likeness (QED) is 0.475. The fraction of sp³-hybridized carbons (Fsp3) is 0.545. The van der Waals surface area contributed by atoms with Crippen LogP contribution in [0.1, 0.15) is 64.8 Å². The van der Waals surface area contributed by atoms with Crippen molar-refractivity contribution in [1.29, 1.82) is 0 Å². The lowest BCUT2D eigenvalue weighted by Crippen LogP contribution is -2.54. The van der Waals surface area contributed by atoms with Gasteiger partial charge < -0.3 is 10.6 Å². The molecule has 4 rings (SSSR count). The second-order valence-electron chi connectivity index (χ2n) is 8.34. The topological polar surface area (TPSA) is 108 Å². The molecule has 4 amide bonds. The summed E-state index contributed by atoms with van der Waals surface area (Å²) in [6, 6.07) is 4.32. The summed E-state index contributed by atoms with van der Waals surface area (Å²) >= 11 is 0. The molecule has 30 heavy (non-hydrogen) atoms. The third-order valence-corrected chi connectivity index (χ3v) is 6.26. The molecule has 0 saturated carbocycles. The standard InChI is InChI=1S/C22H28N4O4/c27-19-6-5-18(20(28)25-19)26-21(29)16-4-3-15(12-17(16)22(26)30)13-24-11-8-14-2-1-9-23-10-7-14/h3-4,12,14,18,23-24H,1-2,5-11,13H2,(H,25,27,28). The highest BCUT2D eigenvalue weighted by Crippen LogP contribution is 2.28. The van der Waals surface area contributed by atoms with Gasteiger partial charge in [0.1, 0.15) is 6.04 Å². The van der Waals surface area contributed by atoms with E-state index in [9.17, 15) is 19.2 Å². The molecule has 3 aliphatic heterocycles. The summed E-state index contributed by atoms with van der Waals surface area (Å²) in [6.45, 7) is 3.74. The fourth-order valence-electron chi connectivity index (χ4n) is 4.55. The summed E-state index contributed by atoms with van der Waals surface area (Å²) in [6.07, 6.45) is 5.13. The molecule has 1 aromatic rings. The van der Waals surface area contributed by atoms with E-state index in [0.717, 1.165) is 42.4 Å². The van der Waals surface area contributed by atoms with Gasteiger partial charge in [-0.3, -0.25) is 29.4 Å². The maximum absolute atomic E-state index is 12.9. The summed E-state index contributed by atoms with van der Waals surface area (Å²) in [5, 5.41) is 9.09. The number of hydrogen-bond acceptors (Lipinski definition) is 6. The Hall–Kier alpha value is -2.58. The number of benzene rings is 1. The molecule has 8 nitrogen and oxygen atoms in total. The van der Waals surface area contributed by atoms with Crippen molar-refractivity contribution in [2.24, 2.45) is 5.92 Å². The molecule has 3 aliphatic rings. The minimum atomic E-state index is -0.925. The van der Waals surface area contributed by atoms with E-state index in [1.807, 2.05) is 6.07 Å². The van der Waals surface area contributed by atoms with Crippen LogP contribution in [0.3, 0.4) is 0 Å². The Morgan fingerprint density at radius 1 is 1.00 bits per heavy atom. The fourth-order valence-corrected chi connectivity index (χ4v) is 4.55. The van der Waals surface area contributed by atoms with Crippen LogP contribution in [0.15, 0.2) is 18.2 Å². The molecule has 3 heterocycles. The molecule has 2 fully saturated rings. The Morgan fingerprint density at radius 3 is 2.67 bits per heavy atom. The molecule has 0 aromatic heterocycles. The molecule has 1 aromatic carbocycles. The van der Waals surface area contributed by atoms with E-state index in [4.69, 9.17) is 0 Å². The van der Waals surface area contributed by atoms with Crippen LogP contribution in [0.5, 0.6) is 0 Å². The zero-order chi connectivity index (χ0) is 21.1. The summed E-state index contributed by atoms with van der Waals surface area (Å²) in [5.41, 5.74) is 1.58. The SMILES string of the molecule is O=C1CCC(N2C(=O)c3ccc(CNCCC4CCCNCC4)cc3C2=O)C(=O)N1. The van der Waals surface area contributed by atoms with Crippen LogP contribution in [-0.2, 0) is 16.1 Å². The maximum Gasteiger partial charge on any atom is 0.262 e. The first kappa shape index (κ1) is 20.7. The number of imide groups is 2. The predicted octanol–water partition coefficient (Wildman–Crippen LogP) is 0.957. The third-order valence-electron chi connectivity index (χ3n) is 6.26. The first-order chi connectivity index (χ1) is 14.5. The van der Waals surface area contributed by atoms with Gasteiger partial charge >= 0.3 is 0 Å². The second kappa shape index (κ2) is 9.06. The van der Waals surface area contributed by atoms with E-state index in [-0.39, 0.29) is 18.7 Å². The minimum Gasteiger partial charge on any atom is -0.317 e. The number of fused-ring (bicyclic) bond motifs is 1. The van der Waals surface area contributed by atoms with Gasteiger partial charge in [0, 0.05) is 13.0 Å². The van der Waals surface area contributed by atoms with Crippen molar-refractivity contribution in [2.45, 2.75) is 51.1 Å². The van der Waals surface area contributed by atoms with E-state index >= 15 is 0 Å². The molecule has 2 atom stereocenters. The molecule has 8 heteroatoms. The van der Waals surface area contributed by atoms with Gasteiger partial charge in [0.05, 0.1) is 11.1 Å². The van der Waals surface area contributed by atoms with Gasteiger partial charge in [-0.05, 0) is 75.4 Å². The van der Waals surface area contributed by atoms with E-state index in [0.29, 0.717) is 17.7 Å². The molecule has 0 bridgehead atoms. The Kier molecular flexibility index (Phi) is 6.24. The van der Waals surface area contributed by atoms with Gasteiger partial charge in [0.15, 0.2) is 0 Å². The average Bonchev–Trinajstić information content (AvgIpc) is 2.90. The van der Waals surface area contributed by atoms with Crippen LogP contribution in [-0.4, -0.2) is 54.2 Å². The lowest BCUT2D eigenvalue weighted by molar-refractivity contribution is -0.136. The number of rotatable bonds is 6. The highest BCUT2D eigenvalue weighted by atomic mass is 16.2. The van der Waals surface area contributed by atoms with Crippen LogP contribution in [0, 0.1) is 5.92 Å². The van der Waals surface area contributed by atoms with Gasteiger partial charge in [-0.25, -0.2) is 0 Å². The van der Waals surface area contributed by atoms with Gasteiger partial charge in [0.25, 0.3) is 11.8 Å². The molecular formula is C22H28N4O4. The predicted molar refractivity (Wildman–Crippen MR) is 110 cm³/mol. The number of piperidine rings is 1. The van der Waals surface area contributed by atoms with E-state index in [1.165, 1.54) is 19.3 Å². The van der Waals surface area contributed by atoms with E-state index in [2.05, 4.69) is 16.0 Å². The molecule has 160 valence electrons. The van der Waals surface area contributed by atoms with E-state index in [1.54, 1.807) is 12.1 Å². The smallest absolute Gasteiger partial charge is 0.262 e. The van der Waals surface area contributed by atoms with E-state index < -0.39 is 23.8 Å². The lowest BCUT2D eigenvalue weighted by Gasteiger charge is -2.27. The highest BCUT2D eigenvalue weighted by molar-refractivity contribution is 6.23. The largest absolute Gasteiger partial charge is 0.317 e. The Balaban J connectivity index is 1.36. The van der Waals surface area contributed by atoms with Gasteiger partial charge in [-0.1, -0.05) is 6.07 Å². The number of nitrogens with one attached hydrogen (secondary N) is 3. The highest BCUT2D eigenvalue weighted by Gasteiger charge is 2.44. The van der Waals surface area contributed by atoms with Crippen molar-refractivity contribution < 1.29 is 19.2 Å². The number of carbonyl (C=O) groups excluding carboxylic acids is 4. The summed E-state index contributed by atoms with van der Waals surface area (Å²) < 4.78 is 0. The molecular weight excluding hydrogens is 384 g/mol. The summed E-state index contributed by atoms with van der Waals surface area (Å²) in [4.78, 5) is 50.1. The molecule has 2 saturated heterocycles. The molecule has 0 radical (unpaired) electrons. The summed E-state index contributed by atoms with van der Waals surface area (Å²) in [5.74, 6) is -1.14. The number of nitrogens with zero attached hydrogens (tertiary/aromatic N) is 1. The summed E-state index contributed by atoms with van der Waals surface area (Å²) in [7, 11) is 0. The van der Waals surface area contributed by atoms with Crippen LogP contribution >= 0.6 is 0 Å². The number of carbonyl (C=O) groups is 4. The van der Waals surface area contributed by atoms with Gasteiger partial charge in [-0.15, -0.1) is 0 Å². The number of amides is 4. The molecule has 0 aliphatic carbocycles. The molecule has 2 unspecified atom stereocenters. The monoisotopic (exact) mass is 412 g/mol. The maximum atomic E-state index is 12.9. The zero-order valence-corrected chi connectivity index (χ0v) is 17.0. The second-order valence-corrected chi connectivity index (χ2v) is 8.34. The molecule has 0 spiro atoms. The Labute approximate surface area is 175 Å². The zero-order valence-electron chi connectivity index (χ0n) is 17.0. The third kappa shape index (κ3) is 4.29. The Morgan fingerprint density at radius 2 is 1.83 bits per heavy atom.